The summed E-state index contributed by atoms with van der Waals surface area (Å²) in [5.74, 6) is 0. The van der Waals surface area contributed by atoms with Crippen LogP contribution in [0.5, 0.6) is 0 Å². The highest BCUT2D eigenvalue weighted by atomic mass is 14.1. The van der Waals surface area contributed by atoms with Gasteiger partial charge in [0.05, 0.1) is 0 Å². The number of rotatable bonds is 6. The Hall–Kier alpha value is -1.30. The summed E-state index contributed by atoms with van der Waals surface area (Å²) in [5.41, 5.74) is 3.91. The van der Waals surface area contributed by atoms with Crippen molar-refractivity contribution in [3.63, 3.8) is 0 Å². The summed E-state index contributed by atoms with van der Waals surface area (Å²) in [6, 6.07) is 8.49. The van der Waals surface area contributed by atoms with Crippen LogP contribution in [-0.4, -0.2) is 0 Å². The van der Waals surface area contributed by atoms with Crippen LogP contribution >= 0.6 is 0 Å². The summed E-state index contributed by atoms with van der Waals surface area (Å²) >= 11 is 0. The Bertz CT molecular complexity index is 334. The molecule has 0 aromatic heterocycles. The molecule has 0 saturated carbocycles. The number of allylic oxidation sites excluding steroid dienone is 2. The van der Waals surface area contributed by atoms with E-state index in [0.29, 0.717) is 0 Å². The van der Waals surface area contributed by atoms with Crippen LogP contribution in [0.1, 0.15) is 37.3 Å². The van der Waals surface area contributed by atoms with Gasteiger partial charge in [0.15, 0.2) is 0 Å². The predicted octanol–water partition coefficient (Wildman–Crippen LogP) is 4.62. The number of benzene rings is 1. The van der Waals surface area contributed by atoms with Gasteiger partial charge in [-0.1, -0.05) is 50.3 Å². The molecule has 0 aliphatic rings. The first-order valence-electron chi connectivity index (χ1n) is 5.66. The minimum Gasteiger partial charge on any atom is -0.103 e. The Balaban J connectivity index is 2.82. The maximum Gasteiger partial charge on any atom is -0.00941 e. The molecule has 1 rings (SSSR count). The van der Waals surface area contributed by atoms with Crippen molar-refractivity contribution in [3.05, 3.63) is 54.6 Å². The zero-order chi connectivity index (χ0) is 11.1. The number of hydrogen-bond donors (Lipinski definition) is 0. The third kappa shape index (κ3) is 3.39. The van der Waals surface area contributed by atoms with Crippen LogP contribution in [0.3, 0.4) is 0 Å². The van der Waals surface area contributed by atoms with Crippen LogP contribution in [0.2, 0.25) is 0 Å². The Kier molecular flexibility index (Phi) is 4.89. The highest BCUT2D eigenvalue weighted by Crippen LogP contribution is 2.22. The van der Waals surface area contributed by atoms with Crippen LogP contribution in [0.15, 0.2) is 43.5 Å². The molecule has 0 N–H and O–H groups in total. The van der Waals surface area contributed by atoms with Crippen molar-refractivity contribution in [2.24, 2.45) is 0 Å². The van der Waals surface area contributed by atoms with Crippen LogP contribution in [0.4, 0.5) is 0 Å². The molecule has 0 fully saturated rings. The van der Waals surface area contributed by atoms with Gasteiger partial charge in [-0.2, -0.15) is 0 Å². The van der Waals surface area contributed by atoms with Gasteiger partial charge in [-0.25, -0.2) is 0 Å². The summed E-state index contributed by atoms with van der Waals surface area (Å²) < 4.78 is 0. The lowest BCUT2D eigenvalue weighted by Crippen LogP contribution is -1.91. The van der Waals surface area contributed by atoms with Crippen LogP contribution in [0.25, 0.3) is 5.57 Å². The lowest BCUT2D eigenvalue weighted by Gasteiger charge is -2.10. The molecule has 0 radical (unpaired) electrons. The Morgan fingerprint density at radius 2 is 2.07 bits per heavy atom. The third-order valence-electron chi connectivity index (χ3n) is 2.59. The van der Waals surface area contributed by atoms with Crippen molar-refractivity contribution in [3.8, 4) is 0 Å². The zero-order valence-electron chi connectivity index (χ0n) is 9.63. The summed E-state index contributed by atoms with van der Waals surface area (Å²) in [6.45, 7) is 10.2. The topological polar surface area (TPSA) is 0 Å². The molecule has 1 aromatic carbocycles. The largest absolute Gasteiger partial charge is 0.103 e. The molecule has 15 heavy (non-hydrogen) atoms. The molecule has 0 nitrogen and oxygen atoms in total. The predicted molar refractivity (Wildman–Crippen MR) is 68.9 cm³/mol. The molecule has 0 spiro atoms. The van der Waals surface area contributed by atoms with Gasteiger partial charge in [0.25, 0.3) is 0 Å². The summed E-state index contributed by atoms with van der Waals surface area (Å²) in [7, 11) is 0. The zero-order valence-corrected chi connectivity index (χ0v) is 9.63. The Labute approximate surface area is 93.3 Å². The van der Waals surface area contributed by atoms with Gasteiger partial charge in [0.2, 0.25) is 0 Å². The van der Waals surface area contributed by atoms with Gasteiger partial charge >= 0.3 is 0 Å². The standard InChI is InChI=1S/C15H20/c1-4-6-10-13(3)15-12-8-7-11-14(15)9-5-2/h5,7-8,11-12H,2-4,6,9-10H2,1H3. The third-order valence-corrected chi connectivity index (χ3v) is 2.59. The fraction of sp³-hybridized carbons (Fsp3) is 0.333. The lowest BCUT2D eigenvalue weighted by molar-refractivity contribution is 0.824. The summed E-state index contributed by atoms with van der Waals surface area (Å²) in [6.07, 6.45) is 6.43. The fourth-order valence-corrected chi connectivity index (χ4v) is 1.72. The fourth-order valence-electron chi connectivity index (χ4n) is 1.72. The molecule has 0 aliphatic carbocycles. The normalized spacial score (nSPS) is 9.93. The molecule has 1 aromatic rings. The van der Waals surface area contributed by atoms with E-state index in [4.69, 9.17) is 0 Å². The molecule has 0 unspecified atom stereocenters. The highest BCUT2D eigenvalue weighted by molar-refractivity contribution is 5.66. The molecule has 0 heteroatoms. The van der Waals surface area contributed by atoms with E-state index in [-0.39, 0.29) is 0 Å². The van der Waals surface area contributed by atoms with Gasteiger partial charge in [-0.15, -0.1) is 6.58 Å². The smallest absolute Gasteiger partial charge is 0.00941 e. The quantitative estimate of drug-likeness (QED) is 0.588. The highest BCUT2D eigenvalue weighted by Gasteiger charge is 2.03. The van der Waals surface area contributed by atoms with E-state index in [1.54, 1.807) is 0 Å². The van der Waals surface area contributed by atoms with E-state index >= 15 is 0 Å². The minimum atomic E-state index is 0.932. The average Bonchev–Trinajstić information content (AvgIpc) is 2.27. The second-order valence-electron chi connectivity index (χ2n) is 3.86. The van der Waals surface area contributed by atoms with Crippen LogP contribution in [-0.2, 0) is 6.42 Å². The van der Waals surface area contributed by atoms with Crippen LogP contribution < -0.4 is 0 Å². The molecule has 0 atom stereocenters. The van der Waals surface area contributed by atoms with Crippen molar-refractivity contribution >= 4 is 5.57 Å². The van der Waals surface area contributed by atoms with Gasteiger partial charge < -0.3 is 0 Å². The van der Waals surface area contributed by atoms with E-state index < -0.39 is 0 Å². The maximum atomic E-state index is 4.17. The van der Waals surface area contributed by atoms with Gasteiger partial charge in [-0.05, 0) is 36.0 Å². The first-order chi connectivity index (χ1) is 7.29. The second kappa shape index (κ2) is 6.23. The summed E-state index contributed by atoms with van der Waals surface area (Å²) in [4.78, 5) is 0. The van der Waals surface area contributed by atoms with E-state index in [1.165, 1.54) is 29.5 Å². The maximum absolute atomic E-state index is 4.17. The molecule has 0 saturated heterocycles. The average molecular weight is 200 g/mol. The molecular formula is C15H20. The first kappa shape index (κ1) is 11.8. The molecule has 0 bridgehead atoms. The first-order valence-corrected chi connectivity index (χ1v) is 5.66. The van der Waals surface area contributed by atoms with Gasteiger partial charge in [-0.3, -0.25) is 0 Å². The van der Waals surface area contributed by atoms with Crippen molar-refractivity contribution in [2.45, 2.75) is 32.6 Å². The second-order valence-corrected chi connectivity index (χ2v) is 3.86. The molecule has 0 heterocycles. The molecule has 80 valence electrons. The molecular weight excluding hydrogens is 180 g/mol. The SMILES string of the molecule is C=CCc1ccccc1C(=C)CCCC. The molecule has 0 amide bonds. The van der Waals surface area contributed by atoms with Crippen molar-refractivity contribution < 1.29 is 0 Å². The van der Waals surface area contributed by atoms with Gasteiger partial charge in [0, 0.05) is 0 Å². The van der Waals surface area contributed by atoms with Crippen molar-refractivity contribution in [1.29, 1.82) is 0 Å². The Morgan fingerprint density at radius 3 is 2.73 bits per heavy atom. The lowest BCUT2D eigenvalue weighted by atomic mass is 9.95. The number of unbranched alkanes of at least 4 members (excludes halogenated alkanes) is 1. The monoisotopic (exact) mass is 200 g/mol. The van der Waals surface area contributed by atoms with E-state index in [9.17, 15) is 0 Å². The van der Waals surface area contributed by atoms with E-state index in [2.05, 4.69) is 44.3 Å². The minimum absolute atomic E-state index is 0.932. The van der Waals surface area contributed by atoms with E-state index in [1.807, 2.05) is 6.08 Å². The summed E-state index contributed by atoms with van der Waals surface area (Å²) in [5, 5.41) is 0. The molecule has 0 aliphatic heterocycles. The van der Waals surface area contributed by atoms with Crippen LogP contribution in [0, 0.1) is 0 Å². The Morgan fingerprint density at radius 1 is 1.33 bits per heavy atom. The van der Waals surface area contributed by atoms with Gasteiger partial charge in [0.1, 0.15) is 0 Å². The van der Waals surface area contributed by atoms with Crippen molar-refractivity contribution in [1.82, 2.24) is 0 Å². The number of hydrogen-bond acceptors (Lipinski definition) is 0. The van der Waals surface area contributed by atoms with Crippen molar-refractivity contribution in [2.75, 3.05) is 0 Å². The van der Waals surface area contributed by atoms with E-state index in [0.717, 1.165) is 12.8 Å².